The van der Waals surface area contributed by atoms with Gasteiger partial charge in [-0.15, -0.1) is 0 Å². The number of anilines is 1. The number of aromatic nitrogens is 1. The second kappa shape index (κ2) is 9.97. The highest BCUT2D eigenvalue weighted by molar-refractivity contribution is 7.22. The van der Waals surface area contributed by atoms with Crippen LogP contribution in [0.4, 0.5) is 16.5 Å². The molecular weight excluding hydrogens is 486 g/mol. The van der Waals surface area contributed by atoms with E-state index in [0.29, 0.717) is 48.5 Å². The number of benzene rings is 2. The number of thiazole rings is 1. The third-order valence-electron chi connectivity index (χ3n) is 5.43. The molecule has 0 bridgehead atoms. The molecule has 1 fully saturated rings. The minimum atomic E-state index is -0.759. The summed E-state index contributed by atoms with van der Waals surface area (Å²) >= 11 is 7.44. The first-order chi connectivity index (χ1) is 16.2. The Labute approximate surface area is 202 Å². The van der Waals surface area contributed by atoms with Crippen molar-refractivity contribution in [2.75, 3.05) is 44.3 Å². The Bertz CT molecular complexity index is 1240. The van der Waals surface area contributed by atoms with Crippen molar-refractivity contribution in [3.8, 4) is 0 Å². The molecule has 0 spiro atoms. The number of nitrogens with zero attached hydrogens (tertiary/aromatic N) is 5. The summed E-state index contributed by atoms with van der Waals surface area (Å²) in [5.74, 6) is -0.608. The summed E-state index contributed by atoms with van der Waals surface area (Å²) in [6.45, 7) is 5.21. The van der Waals surface area contributed by atoms with Crippen molar-refractivity contribution in [2.45, 2.75) is 6.92 Å². The zero-order valence-electron chi connectivity index (χ0n) is 18.1. The van der Waals surface area contributed by atoms with Crippen molar-refractivity contribution in [2.24, 2.45) is 0 Å². The third-order valence-corrected chi connectivity index (χ3v) is 6.67. The van der Waals surface area contributed by atoms with Crippen LogP contribution >= 0.6 is 22.9 Å². The van der Waals surface area contributed by atoms with Crippen molar-refractivity contribution in [1.29, 1.82) is 0 Å². The molecule has 2 aromatic carbocycles. The fraction of sp³-hybridized carbons (Fsp3) is 0.333. The number of non-ortho nitro benzene ring substituents is 2. The molecule has 1 amide bonds. The lowest BCUT2D eigenvalue weighted by atomic mass is 10.1. The maximum absolute atomic E-state index is 13.6. The summed E-state index contributed by atoms with van der Waals surface area (Å²) in [6.07, 6.45) is 0. The van der Waals surface area contributed by atoms with Crippen LogP contribution in [0.25, 0.3) is 10.2 Å². The van der Waals surface area contributed by atoms with Gasteiger partial charge in [-0.05, 0) is 24.6 Å². The molecule has 34 heavy (non-hydrogen) atoms. The molecule has 0 saturated carbocycles. The number of ether oxygens (including phenoxy) is 1. The van der Waals surface area contributed by atoms with Crippen LogP contribution in [0.5, 0.6) is 0 Å². The molecule has 1 aromatic heterocycles. The van der Waals surface area contributed by atoms with E-state index in [-0.39, 0.29) is 12.1 Å². The van der Waals surface area contributed by atoms with Gasteiger partial charge in [0.15, 0.2) is 5.13 Å². The highest BCUT2D eigenvalue weighted by Gasteiger charge is 2.27. The van der Waals surface area contributed by atoms with Crippen LogP contribution in [0.3, 0.4) is 0 Å². The summed E-state index contributed by atoms with van der Waals surface area (Å²) in [5, 5.41) is 23.6. The molecule has 0 radical (unpaired) electrons. The fourth-order valence-electron chi connectivity index (χ4n) is 3.69. The van der Waals surface area contributed by atoms with Gasteiger partial charge in [-0.3, -0.25) is 34.8 Å². The number of hydrogen-bond donors (Lipinski definition) is 0. The van der Waals surface area contributed by atoms with Gasteiger partial charge in [0, 0.05) is 43.3 Å². The molecular formula is C21H20ClN5O6S. The Morgan fingerprint density at radius 3 is 2.41 bits per heavy atom. The Kier molecular flexibility index (Phi) is 7.03. The Morgan fingerprint density at radius 1 is 1.15 bits per heavy atom. The Morgan fingerprint density at radius 2 is 1.79 bits per heavy atom. The monoisotopic (exact) mass is 505 g/mol. The van der Waals surface area contributed by atoms with Gasteiger partial charge in [0.1, 0.15) is 0 Å². The average Bonchev–Trinajstić information content (AvgIpc) is 3.23. The van der Waals surface area contributed by atoms with Crippen LogP contribution in [-0.4, -0.2) is 65.0 Å². The van der Waals surface area contributed by atoms with E-state index in [0.717, 1.165) is 28.5 Å². The van der Waals surface area contributed by atoms with E-state index >= 15 is 0 Å². The maximum Gasteiger partial charge on any atom is 0.277 e. The van der Waals surface area contributed by atoms with Crippen LogP contribution in [0.15, 0.2) is 30.3 Å². The zero-order valence-corrected chi connectivity index (χ0v) is 19.7. The van der Waals surface area contributed by atoms with Gasteiger partial charge in [0.25, 0.3) is 17.3 Å². The lowest BCUT2D eigenvalue weighted by molar-refractivity contribution is -0.394. The number of nitro benzene ring substituents is 2. The summed E-state index contributed by atoms with van der Waals surface area (Å²) in [6, 6.07) is 6.46. The standard InChI is InChI=1S/C21H20ClN5O6S/c1-13-8-15(22)11-18-19(13)23-21(34-18)25(3-2-24-4-6-33-7-5-24)20(28)14-9-16(26(29)30)12-17(10-14)27(31)32/h8-12H,2-7H2,1H3. The van der Waals surface area contributed by atoms with Gasteiger partial charge in [0.05, 0.1) is 44.9 Å². The predicted octanol–water partition coefficient (Wildman–Crippen LogP) is 4.05. The molecule has 178 valence electrons. The molecule has 0 unspecified atom stereocenters. The second-order valence-electron chi connectivity index (χ2n) is 7.73. The Balaban J connectivity index is 1.74. The zero-order chi connectivity index (χ0) is 24.4. The first-order valence-corrected chi connectivity index (χ1v) is 11.5. The molecule has 1 aliphatic heterocycles. The largest absolute Gasteiger partial charge is 0.379 e. The highest BCUT2D eigenvalue weighted by atomic mass is 35.5. The predicted molar refractivity (Wildman–Crippen MR) is 128 cm³/mol. The number of morpholine rings is 1. The van der Waals surface area contributed by atoms with Gasteiger partial charge in [-0.2, -0.15) is 0 Å². The van der Waals surface area contributed by atoms with Gasteiger partial charge >= 0.3 is 0 Å². The summed E-state index contributed by atoms with van der Waals surface area (Å²) in [4.78, 5) is 42.9. The van der Waals surface area contributed by atoms with E-state index in [1.165, 1.54) is 16.2 Å². The molecule has 2 heterocycles. The summed E-state index contributed by atoms with van der Waals surface area (Å²) in [5.41, 5.74) is 0.322. The SMILES string of the molecule is Cc1cc(Cl)cc2sc(N(CCN3CCOCC3)C(=O)c3cc([N+](=O)[O-])cc([N+](=O)[O-])c3)nc12. The van der Waals surface area contributed by atoms with Crippen molar-refractivity contribution in [3.05, 3.63) is 66.7 Å². The van der Waals surface area contributed by atoms with E-state index in [1.54, 1.807) is 12.1 Å². The van der Waals surface area contributed by atoms with Crippen molar-refractivity contribution >= 4 is 55.6 Å². The minimum Gasteiger partial charge on any atom is -0.379 e. The molecule has 0 aliphatic carbocycles. The third kappa shape index (κ3) is 5.14. The molecule has 0 N–H and O–H groups in total. The van der Waals surface area contributed by atoms with Crippen molar-refractivity contribution in [3.63, 3.8) is 0 Å². The van der Waals surface area contributed by atoms with Gasteiger partial charge in [0.2, 0.25) is 0 Å². The first-order valence-electron chi connectivity index (χ1n) is 10.4. The number of aryl methyl sites for hydroxylation is 1. The van der Waals surface area contributed by atoms with E-state index in [2.05, 4.69) is 9.88 Å². The number of carbonyl (C=O) groups excluding carboxylic acids is 1. The van der Waals surface area contributed by atoms with Crippen LogP contribution < -0.4 is 4.90 Å². The van der Waals surface area contributed by atoms with Gasteiger partial charge in [-0.1, -0.05) is 22.9 Å². The topological polar surface area (TPSA) is 132 Å². The van der Waals surface area contributed by atoms with E-state index < -0.39 is 27.1 Å². The molecule has 0 atom stereocenters. The molecule has 11 nitrogen and oxygen atoms in total. The highest BCUT2D eigenvalue weighted by Crippen LogP contribution is 2.34. The molecule has 1 saturated heterocycles. The van der Waals surface area contributed by atoms with Crippen LogP contribution in [0.2, 0.25) is 5.02 Å². The van der Waals surface area contributed by atoms with Gasteiger partial charge in [-0.25, -0.2) is 4.98 Å². The lowest BCUT2D eigenvalue weighted by Gasteiger charge is -2.29. The molecule has 4 rings (SSSR count). The maximum atomic E-state index is 13.6. The number of nitro groups is 2. The molecule has 1 aliphatic rings. The van der Waals surface area contributed by atoms with E-state index in [1.807, 2.05) is 6.92 Å². The second-order valence-corrected chi connectivity index (χ2v) is 9.17. The van der Waals surface area contributed by atoms with E-state index in [4.69, 9.17) is 16.3 Å². The number of rotatable bonds is 7. The average molecular weight is 506 g/mol. The summed E-state index contributed by atoms with van der Waals surface area (Å²) in [7, 11) is 0. The lowest BCUT2D eigenvalue weighted by Crippen LogP contribution is -2.43. The van der Waals surface area contributed by atoms with Crippen molar-refractivity contribution in [1.82, 2.24) is 9.88 Å². The summed E-state index contributed by atoms with van der Waals surface area (Å²) < 4.78 is 6.16. The number of fused-ring (bicyclic) bond motifs is 1. The number of amides is 1. The quantitative estimate of drug-likeness (QED) is 0.347. The molecule has 13 heteroatoms. The van der Waals surface area contributed by atoms with Crippen molar-refractivity contribution < 1.29 is 19.4 Å². The minimum absolute atomic E-state index is 0.156. The number of halogens is 1. The molecule has 3 aromatic rings. The van der Waals surface area contributed by atoms with Crippen LogP contribution in [-0.2, 0) is 4.74 Å². The number of carbonyl (C=O) groups is 1. The van der Waals surface area contributed by atoms with Gasteiger partial charge < -0.3 is 4.74 Å². The fourth-order valence-corrected chi connectivity index (χ4v) is 5.14. The Hall–Kier alpha value is -3.19. The normalized spacial score (nSPS) is 14.3. The first kappa shape index (κ1) is 24.0. The van der Waals surface area contributed by atoms with E-state index in [9.17, 15) is 25.0 Å². The van der Waals surface area contributed by atoms with Crippen LogP contribution in [0.1, 0.15) is 15.9 Å². The number of hydrogen-bond acceptors (Lipinski definition) is 9. The van der Waals surface area contributed by atoms with Crippen LogP contribution in [0, 0.1) is 27.2 Å². The smallest absolute Gasteiger partial charge is 0.277 e.